The summed E-state index contributed by atoms with van der Waals surface area (Å²) < 4.78 is 5.12. The third-order valence-corrected chi connectivity index (χ3v) is 3.55. The molecule has 0 aliphatic rings. The van der Waals surface area contributed by atoms with Crippen molar-refractivity contribution >= 4 is 28.4 Å². The lowest BCUT2D eigenvalue weighted by molar-refractivity contribution is 0.0693. The number of pyridine rings is 1. The topological polar surface area (TPSA) is 83.6 Å². The average molecular weight is 310 g/mol. The first-order valence-corrected chi connectivity index (χ1v) is 6.95. The van der Waals surface area contributed by atoms with Gasteiger partial charge in [0.1, 0.15) is 11.4 Å². The zero-order valence-electron chi connectivity index (χ0n) is 12.6. The predicted molar refractivity (Wildman–Crippen MR) is 86.5 cm³/mol. The molecular formula is C17H14N2O4. The Kier molecular flexibility index (Phi) is 3.57. The summed E-state index contributed by atoms with van der Waals surface area (Å²) in [6, 6.07) is 12.2. The second-order valence-corrected chi connectivity index (χ2v) is 5.11. The second kappa shape index (κ2) is 5.57. The van der Waals surface area contributed by atoms with Gasteiger partial charge < -0.3 is 14.4 Å². The molecule has 1 aromatic carbocycles. The minimum Gasteiger partial charge on any atom is -0.477 e. The number of carboxylic acid groups (broad SMARTS) is 1. The van der Waals surface area contributed by atoms with Crippen LogP contribution in [0, 0.1) is 6.92 Å². The number of hydrogen-bond acceptors (Lipinski definition) is 5. The number of aromatic carboxylic acids is 1. The maximum atomic E-state index is 12.1. The lowest BCUT2D eigenvalue weighted by atomic mass is 10.1. The first kappa shape index (κ1) is 14.8. The SMILES string of the molecule is Cc1cccc(N(C)c2c(C(=O)O)c(=O)oc3ccccc23)n1. The Morgan fingerprint density at radius 3 is 2.61 bits per heavy atom. The van der Waals surface area contributed by atoms with Crippen LogP contribution in [0.5, 0.6) is 0 Å². The summed E-state index contributed by atoms with van der Waals surface area (Å²) in [4.78, 5) is 29.7. The Balaban J connectivity index is 2.36. The van der Waals surface area contributed by atoms with Gasteiger partial charge in [-0.05, 0) is 31.2 Å². The largest absolute Gasteiger partial charge is 0.477 e. The number of rotatable bonds is 3. The van der Waals surface area contributed by atoms with E-state index in [4.69, 9.17) is 4.42 Å². The van der Waals surface area contributed by atoms with Crippen molar-refractivity contribution in [2.75, 3.05) is 11.9 Å². The molecule has 0 aliphatic carbocycles. The summed E-state index contributed by atoms with van der Waals surface area (Å²) in [5, 5.41) is 9.99. The number of nitrogens with zero attached hydrogens (tertiary/aromatic N) is 2. The molecule has 23 heavy (non-hydrogen) atoms. The number of benzene rings is 1. The number of anilines is 2. The van der Waals surface area contributed by atoms with Crippen LogP contribution in [0.25, 0.3) is 11.0 Å². The highest BCUT2D eigenvalue weighted by atomic mass is 16.4. The van der Waals surface area contributed by atoms with Gasteiger partial charge in [-0.15, -0.1) is 0 Å². The Morgan fingerprint density at radius 1 is 1.17 bits per heavy atom. The minimum absolute atomic E-state index is 0.266. The number of carboxylic acids is 1. The summed E-state index contributed by atoms with van der Waals surface area (Å²) in [5.41, 5.74) is 0.0955. The third-order valence-electron chi connectivity index (χ3n) is 3.55. The van der Waals surface area contributed by atoms with Crippen LogP contribution in [0.15, 0.2) is 51.7 Å². The van der Waals surface area contributed by atoms with Gasteiger partial charge >= 0.3 is 11.6 Å². The summed E-state index contributed by atoms with van der Waals surface area (Å²) >= 11 is 0. The maximum Gasteiger partial charge on any atom is 0.353 e. The van der Waals surface area contributed by atoms with Gasteiger partial charge in [-0.25, -0.2) is 14.6 Å². The van der Waals surface area contributed by atoms with Gasteiger partial charge in [-0.1, -0.05) is 18.2 Å². The molecule has 0 fully saturated rings. The van der Waals surface area contributed by atoms with Gasteiger partial charge in [0, 0.05) is 18.1 Å². The molecule has 116 valence electrons. The lowest BCUT2D eigenvalue weighted by Gasteiger charge is -2.21. The molecule has 0 atom stereocenters. The predicted octanol–water partition coefficient (Wildman–Crippen LogP) is 2.96. The highest BCUT2D eigenvalue weighted by Crippen LogP contribution is 2.32. The molecule has 0 amide bonds. The summed E-state index contributed by atoms with van der Waals surface area (Å²) in [7, 11) is 1.68. The van der Waals surface area contributed by atoms with E-state index >= 15 is 0 Å². The van der Waals surface area contributed by atoms with Crippen molar-refractivity contribution in [2.45, 2.75) is 6.92 Å². The Bertz CT molecular complexity index is 962. The zero-order chi connectivity index (χ0) is 16.6. The van der Waals surface area contributed by atoms with Crippen molar-refractivity contribution < 1.29 is 14.3 Å². The van der Waals surface area contributed by atoms with E-state index in [2.05, 4.69) is 4.98 Å². The first-order valence-electron chi connectivity index (χ1n) is 6.95. The van der Waals surface area contributed by atoms with Gasteiger partial charge in [0.05, 0.1) is 5.69 Å². The molecule has 0 bridgehead atoms. The Labute approximate surface area is 131 Å². The van der Waals surface area contributed by atoms with Crippen LogP contribution in [0.3, 0.4) is 0 Å². The van der Waals surface area contributed by atoms with E-state index in [9.17, 15) is 14.7 Å². The molecule has 0 radical (unpaired) electrons. The lowest BCUT2D eigenvalue weighted by Crippen LogP contribution is -2.22. The van der Waals surface area contributed by atoms with Crippen LogP contribution in [-0.4, -0.2) is 23.1 Å². The molecule has 6 heteroatoms. The fraction of sp³-hybridized carbons (Fsp3) is 0.118. The maximum absolute atomic E-state index is 12.1. The van der Waals surface area contributed by atoms with Crippen molar-refractivity contribution in [3.63, 3.8) is 0 Å². The first-order chi connectivity index (χ1) is 11.0. The Morgan fingerprint density at radius 2 is 1.91 bits per heavy atom. The number of para-hydroxylation sites is 1. The number of hydrogen-bond donors (Lipinski definition) is 1. The summed E-state index contributed by atoms with van der Waals surface area (Å²) in [6.07, 6.45) is 0. The average Bonchev–Trinajstić information content (AvgIpc) is 2.52. The summed E-state index contributed by atoms with van der Waals surface area (Å²) in [6.45, 7) is 1.84. The standard InChI is InChI=1S/C17H14N2O4/c1-10-6-5-9-13(18-10)19(2)15-11-7-3-4-8-12(11)23-17(22)14(15)16(20)21/h3-9H,1-2H3,(H,20,21). The van der Waals surface area contributed by atoms with Gasteiger partial charge in [0.2, 0.25) is 0 Å². The van der Waals surface area contributed by atoms with E-state index in [1.165, 1.54) is 0 Å². The molecular weight excluding hydrogens is 296 g/mol. The van der Waals surface area contributed by atoms with E-state index in [0.29, 0.717) is 16.8 Å². The molecule has 1 N–H and O–H groups in total. The molecule has 0 spiro atoms. The van der Waals surface area contributed by atoms with Gasteiger partial charge in [-0.3, -0.25) is 0 Å². The van der Waals surface area contributed by atoms with Crippen LogP contribution in [0.1, 0.15) is 16.1 Å². The van der Waals surface area contributed by atoms with E-state index in [1.54, 1.807) is 42.3 Å². The van der Waals surface area contributed by atoms with Crippen molar-refractivity contribution in [2.24, 2.45) is 0 Å². The molecule has 0 saturated heterocycles. The molecule has 0 aliphatic heterocycles. The molecule has 2 aromatic heterocycles. The van der Waals surface area contributed by atoms with Crippen molar-refractivity contribution in [1.29, 1.82) is 0 Å². The van der Waals surface area contributed by atoms with Crippen molar-refractivity contribution in [3.8, 4) is 0 Å². The fourth-order valence-electron chi connectivity index (χ4n) is 2.50. The van der Waals surface area contributed by atoms with Crippen LogP contribution in [0.2, 0.25) is 0 Å². The molecule has 3 aromatic rings. The molecule has 0 saturated carbocycles. The van der Waals surface area contributed by atoms with E-state index in [1.807, 2.05) is 19.1 Å². The third kappa shape index (κ3) is 2.55. The van der Waals surface area contributed by atoms with Crippen LogP contribution < -0.4 is 10.5 Å². The van der Waals surface area contributed by atoms with E-state index < -0.39 is 17.2 Å². The van der Waals surface area contributed by atoms with E-state index in [0.717, 1.165) is 5.69 Å². The fourth-order valence-corrected chi connectivity index (χ4v) is 2.50. The smallest absolute Gasteiger partial charge is 0.353 e. The highest BCUT2D eigenvalue weighted by Gasteiger charge is 2.24. The zero-order valence-corrected chi connectivity index (χ0v) is 12.6. The number of carbonyl (C=O) groups is 1. The second-order valence-electron chi connectivity index (χ2n) is 5.11. The summed E-state index contributed by atoms with van der Waals surface area (Å²) in [5.74, 6) is -0.790. The van der Waals surface area contributed by atoms with Gasteiger partial charge in [-0.2, -0.15) is 0 Å². The molecule has 2 heterocycles. The monoisotopic (exact) mass is 310 g/mol. The normalized spacial score (nSPS) is 10.7. The molecule has 6 nitrogen and oxygen atoms in total. The van der Waals surface area contributed by atoms with Crippen molar-refractivity contribution in [3.05, 3.63) is 64.1 Å². The van der Waals surface area contributed by atoms with Gasteiger partial charge in [0.25, 0.3) is 0 Å². The van der Waals surface area contributed by atoms with Crippen LogP contribution in [0.4, 0.5) is 11.5 Å². The highest BCUT2D eigenvalue weighted by molar-refractivity contribution is 6.04. The molecule has 3 rings (SSSR count). The number of aromatic nitrogens is 1. The van der Waals surface area contributed by atoms with E-state index in [-0.39, 0.29) is 5.69 Å². The van der Waals surface area contributed by atoms with Crippen molar-refractivity contribution in [1.82, 2.24) is 4.98 Å². The Hall–Kier alpha value is -3.15. The number of fused-ring (bicyclic) bond motifs is 1. The number of aryl methyl sites for hydroxylation is 1. The quantitative estimate of drug-likeness (QED) is 0.749. The van der Waals surface area contributed by atoms with Crippen LogP contribution >= 0.6 is 0 Å². The van der Waals surface area contributed by atoms with Crippen LogP contribution in [-0.2, 0) is 0 Å². The minimum atomic E-state index is -1.33. The van der Waals surface area contributed by atoms with Gasteiger partial charge in [0.15, 0.2) is 5.56 Å². The molecule has 0 unspecified atom stereocenters.